The summed E-state index contributed by atoms with van der Waals surface area (Å²) in [6, 6.07) is 8.81. The fourth-order valence-electron chi connectivity index (χ4n) is 1.90. The van der Waals surface area contributed by atoms with Gasteiger partial charge in [0.2, 0.25) is 0 Å². The minimum Gasteiger partial charge on any atom is -1.00 e. The first-order chi connectivity index (χ1) is 7.40. The summed E-state index contributed by atoms with van der Waals surface area (Å²) < 4.78 is 0. The second kappa shape index (κ2) is 11.7. The van der Waals surface area contributed by atoms with Crippen molar-refractivity contribution in [3.05, 3.63) is 57.6 Å². The van der Waals surface area contributed by atoms with E-state index >= 15 is 0 Å². The first-order valence-corrected chi connectivity index (χ1v) is 5.81. The molecule has 0 amide bonds. The smallest absolute Gasteiger partial charge is 1.00 e. The molecule has 104 valence electrons. The van der Waals surface area contributed by atoms with Gasteiger partial charge in [0.25, 0.3) is 0 Å². The van der Waals surface area contributed by atoms with Crippen LogP contribution in [-0.2, 0) is 26.2 Å². The molecule has 19 heavy (non-hydrogen) atoms. The van der Waals surface area contributed by atoms with E-state index < -0.39 is 0 Å². The summed E-state index contributed by atoms with van der Waals surface area (Å²) in [6.07, 6.45) is 0. The van der Waals surface area contributed by atoms with Crippen molar-refractivity contribution in [2.45, 2.75) is 41.5 Å². The van der Waals surface area contributed by atoms with Gasteiger partial charge in [0.05, 0.1) is 0 Å². The number of hydrogen-bond donors (Lipinski definition) is 0. The molecule has 2 aromatic carbocycles. The zero-order valence-electron chi connectivity index (χ0n) is 12.6. The predicted molar refractivity (Wildman–Crippen MR) is 72.5 cm³/mol. The zero-order chi connectivity index (χ0) is 12.3. The molecule has 0 heterocycles. The van der Waals surface area contributed by atoms with E-state index in [1.54, 1.807) is 0 Å². The molecule has 0 aliphatic carbocycles. The second-order valence-electron chi connectivity index (χ2n) is 4.80. The molecule has 0 unspecified atom stereocenters. The van der Waals surface area contributed by atoms with Gasteiger partial charge in [-0.25, -0.2) is 23.3 Å². The molecule has 0 saturated heterocycles. The van der Waals surface area contributed by atoms with E-state index in [0.29, 0.717) is 0 Å². The van der Waals surface area contributed by atoms with Gasteiger partial charge in [-0.2, -0.15) is 34.4 Å². The van der Waals surface area contributed by atoms with Gasteiger partial charge < -0.3 is 48.0 Å². The molecule has 0 atom stereocenters. The van der Waals surface area contributed by atoms with Crippen LogP contribution in [0, 0.1) is 41.5 Å². The molecular weight excluding hydrogens is 537 g/mol. The molecule has 0 bridgehead atoms. The molecule has 0 radical (unpaired) electrons. The molecule has 2 aromatic rings. The number of halogens is 2. The topological polar surface area (TPSA) is 0 Å². The van der Waals surface area contributed by atoms with Crippen molar-refractivity contribution < 1.29 is 74.2 Å². The summed E-state index contributed by atoms with van der Waals surface area (Å²) in [5, 5.41) is 0. The first kappa shape index (κ1) is 25.0. The summed E-state index contributed by atoms with van der Waals surface area (Å²) in [6.45, 7) is 12.8. The van der Waals surface area contributed by atoms with Crippen molar-refractivity contribution in [1.29, 1.82) is 0 Å². The quantitative estimate of drug-likeness (QED) is 0.278. The Morgan fingerprint density at radius 1 is 0.684 bits per heavy atom. The summed E-state index contributed by atoms with van der Waals surface area (Å²) in [4.78, 5) is 0. The monoisotopic (exact) mass is 558 g/mol. The molecule has 3 heteroatoms. The predicted octanol–water partition coefficient (Wildman–Crippen LogP) is -1.33. The third kappa shape index (κ3) is 8.82. The molecule has 0 aromatic heterocycles. The van der Waals surface area contributed by atoms with Crippen LogP contribution in [-0.4, -0.2) is 0 Å². The Bertz CT molecular complexity index is 384. The maximum Gasteiger partial charge on any atom is 4.00 e. The SMILES string of the molecule is Cc1cc(C)[c-](C)c1.Cc1cc(C)[c-](C)c1.[I-].[I-].[Zr+4]. The third-order valence-corrected chi connectivity index (χ3v) is 3.02. The summed E-state index contributed by atoms with van der Waals surface area (Å²) in [7, 11) is 0. The molecule has 0 aliphatic heterocycles. The van der Waals surface area contributed by atoms with Gasteiger partial charge in [-0.05, 0) is 0 Å². The Balaban J connectivity index is -0.000000233. The van der Waals surface area contributed by atoms with Crippen LogP contribution in [0.3, 0.4) is 0 Å². The molecule has 2 rings (SSSR count). The average Bonchev–Trinajstić information content (AvgIpc) is 2.58. The standard InChI is InChI=1S/2C8H11.2HI.Zr/c2*1-6-4-7(2)8(3)5-6;;;/h2*4-5H,1-3H3;2*1H;/q2*-1;;;+4/p-2. The Hall–Kier alpha value is 1.04. The number of hydrogen-bond acceptors (Lipinski definition) is 0. The first-order valence-electron chi connectivity index (χ1n) is 5.81. The third-order valence-electron chi connectivity index (χ3n) is 3.02. The van der Waals surface area contributed by atoms with Crippen LogP contribution in [0.5, 0.6) is 0 Å². The van der Waals surface area contributed by atoms with Gasteiger partial charge in [-0.1, -0.05) is 41.5 Å². The van der Waals surface area contributed by atoms with Gasteiger partial charge in [0.15, 0.2) is 0 Å². The van der Waals surface area contributed by atoms with E-state index in [0.717, 1.165) is 0 Å². The molecule has 0 N–H and O–H groups in total. The summed E-state index contributed by atoms with van der Waals surface area (Å²) in [5.41, 5.74) is 8.37. The Kier molecular flexibility index (Phi) is 15.4. The van der Waals surface area contributed by atoms with E-state index in [-0.39, 0.29) is 74.2 Å². The van der Waals surface area contributed by atoms with Crippen LogP contribution in [0.2, 0.25) is 0 Å². The van der Waals surface area contributed by atoms with Gasteiger partial charge in [0, 0.05) is 0 Å². The van der Waals surface area contributed by atoms with Gasteiger partial charge in [-0.15, -0.1) is 0 Å². The summed E-state index contributed by atoms with van der Waals surface area (Å²) in [5.74, 6) is 0. The van der Waals surface area contributed by atoms with E-state index in [9.17, 15) is 0 Å². The van der Waals surface area contributed by atoms with Crippen molar-refractivity contribution in [3.63, 3.8) is 0 Å². The van der Waals surface area contributed by atoms with Crippen molar-refractivity contribution in [3.8, 4) is 0 Å². The Morgan fingerprint density at radius 2 is 0.947 bits per heavy atom. The van der Waals surface area contributed by atoms with Crippen LogP contribution in [0.4, 0.5) is 0 Å². The van der Waals surface area contributed by atoms with Gasteiger partial charge in [0.1, 0.15) is 0 Å². The molecule has 0 saturated carbocycles. The minimum absolute atomic E-state index is 0. The molecule has 0 spiro atoms. The van der Waals surface area contributed by atoms with Crippen LogP contribution >= 0.6 is 0 Å². The van der Waals surface area contributed by atoms with Crippen LogP contribution in [0.1, 0.15) is 33.4 Å². The summed E-state index contributed by atoms with van der Waals surface area (Å²) >= 11 is 0. The normalized spacial score (nSPS) is 8.32. The Morgan fingerprint density at radius 3 is 1.00 bits per heavy atom. The number of rotatable bonds is 0. The van der Waals surface area contributed by atoms with Crippen LogP contribution < -0.4 is 48.0 Å². The largest absolute Gasteiger partial charge is 4.00 e. The van der Waals surface area contributed by atoms with Crippen molar-refractivity contribution in [2.24, 2.45) is 0 Å². The zero-order valence-corrected chi connectivity index (χ0v) is 19.3. The van der Waals surface area contributed by atoms with E-state index in [4.69, 9.17) is 0 Å². The number of aryl methyl sites for hydroxylation is 6. The molecule has 0 aliphatic rings. The maximum atomic E-state index is 2.20. The molecule has 0 fully saturated rings. The van der Waals surface area contributed by atoms with E-state index in [2.05, 4.69) is 65.8 Å². The molecule has 0 nitrogen and oxygen atoms in total. The van der Waals surface area contributed by atoms with Gasteiger partial charge in [-0.3, -0.25) is 0 Å². The Labute approximate surface area is 171 Å². The van der Waals surface area contributed by atoms with E-state index in [1.807, 2.05) is 0 Å². The van der Waals surface area contributed by atoms with Crippen molar-refractivity contribution >= 4 is 0 Å². The van der Waals surface area contributed by atoms with Crippen molar-refractivity contribution in [1.82, 2.24) is 0 Å². The van der Waals surface area contributed by atoms with E-state index in [1.165, 1.54) is 33.4 Å². The maximum absolute atomic E-state index is 2.20. The second-order valence-corrected chi connectivity index (χ2v) is 4.80. The minimum atomic E-state index is 0. The molecular formula is C16H22I2Zr. The fraction of sp³-hybridized carbons (Fsp3) is 0.375. The van der Waals surface area contributed by atoms with Crippen LogP contribution in [0.25, 0.3) is 0 Å². The van der Waals surface area contributed by atoms with Gasteiger partial charge >= 0.3 is 26.2 Å². The average molecular weight is 559 g/mol. The van der Waals surface area contributed by atoms with Crippen molar-refractivity contribution in [2.75, 3.05) is 0 Å². The van der Waals surface area contributed by atoms with Crippen LogP contribution in [0.15, 0.2) is 24.3 Å². The fourth-order valence-corrected chi connectivity index (χ4v) is 1.90.